The maximum atomic E-state index is 5.33. The summed E-state index contributed by atoms with van der Waals surface area (Å²) in [6, 6.07) is 1.89. The first kappa shape index (κ1) is 9.17. The maximum absolute atomic E-state index is 5.33. The molecule has 2 heterocycles. The number of nitrogens with zero attached hydrogens (tertiary/aromatic N) is 2. The smallest absolute Gasteiger partial charge is 0.261 e. The Hall–Kier alpha value is -0.400. The second-order valence-corrected chi connectivity index (χ2v) is 5.94. The lowest BCUT2D eigenvalue weighted by Gasteiger charge is -1.86. The van der Waals surface area contributed by atoms with Crippen LogP contribution in [-0.4, -0.2) is 10.1 Å². The summed E-state index contributed by atoms with van der Waals surface area (Å²) in [4.78, 5) is 3.91. The molecule has 0 aliphatic carbocycles. The predicted octanol–water partition coefficient (Wildman–Crippen LogP) is 2.91. The zero-order valence-electron chi connectivity index (χ0n) is 6.12. The summed E-state index contributed by atoms with van der Waals surface area (Å²) in [6.45, 7) is 0. The molecule has 0 saturated carbocycles. The molecule has 0 atom stereocenters. The molecule has 0 spiro atoms. The number of thiophene rings is 1. The molecule has 0 radical (unpaired) electrons. The van der Waals surface area contributed by atoms with Crippen molar-refractivity contribution in [2.75, 3.05) is 5.73 Å². The van der Waals surface area contributed by atoms with E-state index in [1.165, 1.54) is 11.3 Å². The lowest BCUT2D eigenvalue weighted by atomic mass is 10.3. The van der Waals surface area contributed by atoms with Crippen molar-refractivity contribution in [3.8, 4) is 11.5 Å². The molecule has 2 aromatic rings. The molecule has 7 heteroatoms. The van der Waals surface area contributed by atoms with Crippen LogP contribution in [0, 0.1) is 0 Å². The highest BCUT2D eigenvalue weighted by Gasteiger charge is 2.13. The van der Waals surface area contributed by atoms with Gasteiger partial charge in [0.15, 0.2) is 0 Å². The minimum Gasteiger partial charge on any atom is -0.365 e. The number of hydrogen-bond acceptors (Lipinski definition) is 5. The van der Waals surface area contributed by atoms with E-state index in [1.54, 1.807) is 0 Å². The largest absolute Gasteiger partial charge is 0.365 e. The van der Waals surface area contributed by atoms with Gasteiger partial charge in [-0.2, -0.15) is 4.98 Å². The zero-order chi connectivity index (χ0) is 9.42. The van der Waals surface area contributed by atoms with Gasteiger partial charge in [-0.1, -0.05) is 0 Å². The molecule has 2 N–H and O–H groups in total. The summed E-state index contributed by atoms with van der Waals surface area (Å²) < 4.78 is 6.84. The fourth-order valence-electron chi connectivity index (χ4n) is 0.830. The number of rotatable bonds is 1. The van der Waals surface area contributed by atoms with Gasteiger partial charge in [-0.25, -0.2) is 0 Å². The molecule has 0 fully saturated rings. The molecule has 13 heavy (non-hydrogen) atoms. The van der Waals surface area contributed by atoms with E-state index in [0.29, 0.717) is 5.89 Å². The van der Waals surface area contributed by atoms with Crippen LogP contribution >= 0.6 is 43.2 Å². The van der Waals surface area contributed by atoms with Gasteiger partial charge in [0.05, 0.1) is 13.1 Å². The Balaban J connectivity index is 2.51. The third-order valence-electron chi connectivity index (χ3n) is 1.33. The first-order chi connectivity index (χ1) is 6.16. The van der Waals surface area contributed by atoms with Crippen LogP contribution in [0.1, 0.15) is 0 Å². The normalized spacial score (nSPS) is 10.6. The highest BCUT2D eigenvalue weighted by molar-refractivity contribution is 9.12. The van der Waals surface area contributed by atoms with Crippen LogP contribution in [0.25, 0.3) is 11.5 Å². The predicted molar refractivity (Wildman–Crippen MR) is 57.4 cm³/mol. The Morgan fingerprint density at radius 3 is 2.69 bits per heavy atom. The summed E-state index contributed by atoms with van der Waals surface area (Å²) in [6.07, 6.45) is 0. The average molecular weight is 325 g/mol. The maximum Gasteiger partial charge on any atom is 0.261 e. The van der Waals surface area contributed by atoms with Crippen LogP contribution in [0.4, 0.5) is 5.95 Å². The second kappa shape index (κ2) is 3.39. The van der Waals surface area contributed by atoms with Crippen LogP contribution in [-0.2, 0) is 0 Å². The Bertz CT molecular complexity index is 439. The van der Waals surface area contributed by atoms with Crippen molar-refractivity contribution in [3.63, 3.8) is 0 Å². The number of aromatic nitrogens is 2. The van der Waals surface area contributed by atoms with Crippen molar-refractivity contribution >= 4 is 49.1 Å². The molecule has 0 saturated heterocycles. The number of nitrogen functional groups attached to an aromatic ring is 1. The number of nitrogens with two attached hydrogens (primary N) is 1. The van der Waals surface area contributed by atoms with Gasteiger partial charge in [-0.3, -0.25) is 0 Å². The lowest BCUT2D eigenvalue weighted by molar-refractivity contribution is 0.433. The lowest BCUT2D eigenvalue weighted by Crippen LogP contribution is -1.85. The van der Waals surface area contributed by atoms with Crippen molar-refractivity contribution in [2.45, 2.75) is 0 Å². The van der Waals surface area contributed by atoms with Crippen molar-refractivity contribution < 1.29 is 4.52 Å². The van der Waals surface area contributed by atoms with Gasteiger partial charge < -0.3 is 10.3 Å². The SMILES string of the molecule is Nc1noc(-c2cc(Br)sc2Br)n1. The van der Waals surface area contributed by atoms with Gasteiger partial charge >= 0.3 is 0 Å². The molecular formula is C6H3Br2N3OS. The molecule has 4 nitrogen and oxygen atoms in total. The molecule has 0 aliphatic rings. The second-order valence-electron chi connectivity index (χ2n) is 2.20. The Morgan fingerprint density at radius 2 is 2.23 bits per heavy atom. The van der Waals surface area contributed by atoms with E-state index in [2.05, 4.69) is 42.0 Å². The zero-order valence-corrected chi connectivity index (χ0v) is 10.1. The summed E-state index contributed by atoms with van der Waals surface area (Å²) >= 11 is 8.28. The van der Waals surface area contributed by atoms with Gasteiger partial charge in [0.2, 0.25) is 0 Å². The topological polar surface area (TPSA) is 64.9 Å². The number of anilines is 1. The Kier molecular flexibility index (Phi) is 2.39. The Labute approximate surface area is 94.4 Å². The highest BCUT2D eigenvalue weighted by atomic mass is 79.9. The van der Waals surface area contributed by atoms with Gasteiger partial charge in [-0.15, -0.1) is 11.3 Å². The van der Waals surface area contributed by atoms with E-state index < -0.39 is 0 Å². The van der Waals surface area contributed by atoms with Crippen molar-refractivity contribution in [2.24, 2.45) is 0 Å². The first-order valence-electron chi connectivity index (χ1n) is 3.21. The summed E-state index contributed by atoms with van der Waals surface area (Å²) in [7, 11) is 0. The molecule has 0 aromatic carbocycles. The van der Waals surface area contributed by atoms with Gasteiger partial charge in [0.25, 0.3) is 11.8 Å². The monoisotopic (exact) mass is 323 g/mol. The summed E-state index contributed by atoms with van der Waals surface area (Å²) in [5, 5.41) is 3.50. The van der Waals surface area contributed by atoms with E-state index in [9.17, 15) is 0 Å². The molecule has 0 unspecified atom stereocenters. The summed E-state index contributed by atoms with van der Waals surface area (Å²) in [5.74, 6) is 0.565. The van der Waals surface area contributed by atoms with Crippen molar-refractivity contribution in [1.82, 2.24) is 10.1 Å². The molecule has 0 aliphatic heterocycles. The van der Waals surface area contributed by atoms with E-state index in [-0.39, 0.29) is 5.95 Å². The molecule has 0 bridgehead atoms. The van der Waals surface area contributed by atoms with E-state index in [1.807, 2.05) is 6.07 Å². The Morgan fingerprint density at radius 1 is 1.46 bits per heavy atom. The molecular weight excluding hydrogens is 322 g/mol. The number of halogens is 2. The van der Waals surface area contributed by atoms with E-state index in [0.717, 1.165) is 13.1 Å². The van der Waals surface area contributed by atoms with E-state index >= 15 is 0 Å². The van der Waals surface area contributed by atoms with Gasteiger partial charge in [0, 0.05) is 0 Å². The minimum atomic E-state index is 0.143. The third kappa shape index (κ3) is 1.77. The van der Waals surface area contributed by atoms with Crippen molar-refractivity contribution in [1.29, 1.82) is 0 Å². The standard InChI is InChI=1S/C6H3Br2N3OS/c7-3-1-2(4(8)13-3)5-10-6(9)11-12-5/h1H,(H2,9,11). The third-order valence-corrected chi connectivity index (χ3v) is 3.67. The molecule has 0 amide bonds. The van der Waals surface area contributed by atoms with Crippen LogP contribution in [0.15, 0.2) is 18.2 Å². The van der Waals surface area contributed by atoms with Gasteiger partial charge in [-0.05, 0) is 43.1 Å². The van der Waals surface area contributed by atoms with Crippen LogP contribution in [0.2, 0.25) is 0 Å². The molecule has 2 aromatic heterocycles. The molecule has 68 valence electrons. The summed E-state index contributed by atoms with van der Waals surface area (Å²) in [5.41, 5.74) is 6.18. The van der Waals surface area contributed by atoms with Crippen LogP contribution in [0.5, 0.6) is 0 Å². The molecule has 2 rings (SSSR count). The fourth-order valence-corrected chi connectivity index (χ4v) is 3.61. The van der Waals surface area contributed by atoms with Gasteiger partial charge in [0.1, 0.15) is 0 Å². The van der Waals surface area contributed by atoms with Crippen molar-refractivity contribution in [3.05, 3.63) is 13.6 Å². The van der Waals surface area contributed by atoms with E-state index in [4.69, 9.17) is 10.3 Å². The van der Waals surface area contributed by atoms with Crippen LogP contribution < -0.4 is 5.73 Å². The fraction of sp³-hybridized carbons (Fsp3) is 0. The minimum absolute atomic E-state index is 0.143. The van der Waals surface area contributed by atoms with Crippen LogP contribution in [0.3, 0.4) is 0 Å². The highest BCUT2D eigenvalue weighted by Crippen LogP contribution is 2.37. The quantitative estimate of drug-likeness (QED) is 0.876. The average Bonchev–Trinajstić information content (AvgIpc) is 2.58. The number of hydrogen-bond donors (Lipinski definition) is 1. The first-order valence-corrected chi connectivity index (χ1v) is 5.61.